The lowest BCUT2D eigenvalue weighted by atomic mass is 10.2. The fourth-order valence-electron chi connectivity index (χ4n) is 3.19. The molecule has 4 rings (SSSR count). The zero-order valence-electron chi connectivity index (χ0n) is 13.1. The predicted molar refractivity (Wildman–Crippen MR) is 81.9 cm³/mol. The van der Waals surface area contributed by atoms with Crippen LogP contribution in [0, 0.1) is 0 Å². The van der Waals surface area contributed by atoms with Gasteiger partial charge in [0.15, 0.2) is 17.0 Å². The number of fused-ring (bicyclic) bond motifs is 1. The van der Waals surface area contributed by atoms with Gasteiger partial charge in [0.25, 0.3) is 5.91 Å². The van der Waals surface area contributed by atoms with Crippen LogP contribution in [0.15, 0.2) is 6.33 Å². The van der Waals surface area contributed by atoms with E-state index in [9.17, 15) is 4.79 Å². The van der Waals surface area contributed by atoms with Gasteiger partial charge in [-0.05, 0) is 12.8 Å². The van der Waals surface area contributed by atoms with Gasteiger partial charge in [0, 0.05) is 39.8 Å². The van der Waals surface area contributed by atoms with Crippen LogP contribution in [0.4, 0.5) is 5.82 Å². The van der Waals surface area contributed by atoms with Gasteiger partial charge >= 0.3 is 0 Å². The minimum absolute atomic E-state index is 0.120. The molecule has 2 fully saturated rings. The number of carbonyl (C=O) groups excluding carboxylic acids is 1. The molecule has 9 nitrogen and oxygen atoms in total. The van der Waals surface area contributed by atoms with Crippen LogP contribution >= 0.6 is 0 Å². The Bertz CT molecular complexity index is 717. The van der Waals surface area contributed by atoms with E-state index in [-0.39, 0.29) is 12.0 Å². The van der Waals surface area contributed by atoms with E-state index in [0.29, 0.717) is 30.9 Å². The van der Waals surface area contributed by atoms with Crippen LogP contribution in [0.2, 0.25) is 0 Å². The molecule has 0 aromatic carbocycles. The third kappa shape index (κ3) is 2.50. The Hall–Kier alpha value is -2.29. The van der Waals surface area contributed by atoms with Crippen molar-refractivity contribution < 1.29 is 9.53 Å². The minimum Gasteiger partial charge on any atom is -0.368 e. The number of piperazine rings is 1. The van der Waals surface area contributed by atoms with Crippen LogP contribution in [0.5, 0.6) is 0 Å². The molecule has 1 unspecified atom stereocenters. The standard InChI is InChI=1S/C14H19N7O2/c1-19-12-11(17-18-19)13(16-9-15-12)20-4-6-21(7-5-20)14(22)10-3-2-8-23-10/h9-10H,2-8H2,1H3. The van der Waals surface area contributed by atoms with E-state index in [1.807, 2.05) is 11.9 Å². The molecule has 0 spiro atoms. The lowest BCUT2D eigenvalue weighted by Crippen LogP contribution is -2.51. The summed E-state index contributed by atoms with van der Waals surface area (Å²) in [6, 6.07) is 0. The number of hydrogen-bond acceptors (Lipinski definition) is 7. The number of rotatable bonds is 2. The SMILES string of the molecule is Cn1nnc2c(N3CCN(C(=O)C4CCCO4)CC3)ncnc21. The van der Waals surface area contributed by atoms with Crippen LogP contribution in [0.3, 0.4) is 0 Å². The normalized spacial score (nSPS) is 22.0. The molecule has 9 heteroatoms. The summed E-state index contributed by atoms with van der Waals surface area (Å²) in [7, 11) is 1.81. The molecule has 122 valence electrons. The van der Waals surface area contributed by atoms with Gasteiger partial charge in [0.1, 0.15) is 12.4 Å². The van der Waals surface area contributed by atoms with Crippen LogP contribution in [0.1, 0.15) is 12.8 Å². The topological polar surface area (TPSA) is 89.3 Å². The van der Waals surface area contributed by atoms with Crippen molar-refractivity contribution in [1.82, 2.24) is 29.9 Å². The summed E-state index contributed by atoms with van der Waals surface area (Å²) in [6.45, 7) is 3.49. The van der Waals surface area contributed by atoms with Crippen LogP contribution in [-0.4, -0.2) is 74.7 Å². The van der Waals surface area contributed by atoms with Gasteiger partial charge in [0.2, 0.25) is 0 Å². The second kappa shape index (κ2) is 5.73. The molecule has 1 atom stereocenters. The predicted octanol–water partition coefficient (Wildman–Crippen LogP) is -0.414. The zero-order valence-corrected chi connectivity index (χ0v) is 13.1. The first-order valence-electron chi connectivity index (χ1n) is 7.90. The maximum atomic E-state index is 12.4. The Labute approximate surface area is 133 Å². The Morgan fingerprint density at radius 1 is 1.26 bits per heavy atom. The quantitative estimate of drug-likeness (QED) is 0.743. The maximum Gasteiger partial charge on any atom is 0.251 e. The van der Waals surface area contributed by atoms with Crippen molar-refractivity contribution in [2.75, 3.05) is 37.7 Å². The fourth-order valence-corrected chi connectivity index (χ4v) is 3.19. The molecular weight excluding hydrogens is 298 g/mol. The number of nitrogens with zero attached hydrogens (tertiary/aromatic N) is 7. The number of aromatic nitrogens is 5. The fraction of sp³-hybridized carbons (Fsp3) is 0.643. The van der Waals surface area contributed by atoms with E-state index in [1.165, 1.54) is 6.33 Å². The average Bonchev–Trinajstić information content (AvgIpc) is 3.25. The highest BCUT2D eigenvalue weighted by atomic mass is 16.5. The van der Waals surface area contributed by atoms with Gasteiger partial charge in [-0.25, -0.2) is 14.6 Å². The molecular formula is C14H19N7O2. The van der Waals surface area contributed by atoms with E-state index >= 15 is 0 Å². The van der Waals surface area contributed by atoms with Crippen molar-refractivity contribution >= 4 is 22.9 Å². The first-order chi connectivity index (χ1) is 11.2. The number of ether oxygens (including phenoxy) is 1. The van der Waals surface area contributed by atoms with E-state index in [1.54, 1.807) is 4.68 Å². The molecule has 2 aromatic heterocycles. The lowest BCUT2D eigenvalue weighted by Gasteiger charge is -2.36. The molecule has 2 aromatic rings. The molecule has 1 amide bonds. The molecule has 2 saturated heterocycles. The van der Waals surface area contributed by atoms with Crippen molar-refractivity contribution in [1.29, 1.82) is 0 Å². The van der Waals surface area contributed by atoms with Crippen molar-refractivity contribution in [2.45, 2.75) is 18.9 Å². The molecule has 0 aliphatic carbocycles. The highest BCUT2D eigenvalue weighted by Gasteiger charge is 2.31. The number of amides is 1. The molecule has 23 heavy (non-hydrogen) atoms. The highest BCUT2D eigenvalue weighted by Crippen LogP contribution is 2.22. The third-order valence-corrected chi connectivity index (χ3v) is 4.47. The van der Waals surface area contributed by atoms with Gasteiger partial charge in [-0.2, -0.15) is 0 Å². The monoisotopic (exact) mass is 317 g/mol. The van der Waals surface area contributed by atoms with E-state index in [2.05, 4.69) is 25.2 Å². The van der Waals surface area contributed by atoms with E-state index in [4.69, 9.17) is 4.74 Å². The first kappa shape index (κ1) is 14.3. The summed E-state index contributed by atoms with van der Waals surface area (Å²) in [5.41, 5.74) is 1.42. The van der Waals surface area contributed by atoms with Gasteiger partial charge in [-0.15, -0.1) is 5.10 Å². The molecule has 2 aliphatic rings. The smallest absolute Gasteiger partial charge is 0.251 e. The van der Waals surface area contributed by atoms with E-state index < -0.39 is 0 Å². The van der Waals surface area contributed by atoms with E-state index in [0.717, 1.165) is 31.7 Å². The summed E-state index contributed by atoms with van der Waals surface area (Å²) >= 11 is 0. The summed E-state index contributed by atoms with van der Waals surface area (Å²) in [6.07, 6.45) is 3.10. The summed E-state index contributed by atoms with van der Waals surface area (Å²) in [5, 5.41) is 8.16. The number of hydrogen-bond donors (Lipinski definition) is 0. The second-order valence-electron chi connectivity index (χ2n) is 5.90. The lowest BCUT2D eigenvalue weighted by molar-refractivity contribution is -0.141. The van der Waals surface area contributed by atoms with Gasteiger partial charge < -0.3 is 14.5 Å². The average molecular weight is 317 g/mol. The summed E-state index contributed by atoms with van der Waals surface area (Å²) in [5.74, 6) is 0.904. The van der Waals surface area contributed by atoms with Crippen molar-refractivity contribution in [2.24, 2.45) is 7.05 Å². The molecule has 4 heterocycles. The Morgan fingerprint density at radius 2 is 2.09 bits per heavy atom. The number of anilines is 1. The molecule has 2 aliphatic heterocycles. The van der Waals surface area contributed by atoms with Crippen LogP contribution in [-0.2, 0) is 16.6 Å². The molecule has 0 saturated carbocycles. The Balaban J connectivity index is 1.47. The third-order valence-electron chi connectivity index (χ3n) is 4.47. The largest absolute Gasteiger partial charge is 0.368 e. The van der Waals surface area contributed by atoms with Crippen molar-refractivity contribution in [3.8, 4) is 0 Å². The summed E-state index contributed by atoms with van der Waals surface area (Å²) < 4.78 is 7.13. The molecule has 0 N–H and O–H groups in total. The molecule has 0 radical (unpaired) electrons. The van der Waals surface area contributed by atoms with Gasteiger partial charge in [0.05, 0.1) is 0 Å². The van der Waals surface area contributed by atoms with Crippen LogP contribution < -0.4 is 4.90 Å². The number of aryl methyl sites for hydroxylation is 1. The summed E-state index contributed by atoms with van der Waals surface area (Å²) in [4.78, 5) is 25.0. The maximum absolute atomic E-state index is 12.4. The molecule has 0 bridgehead atoms. The highest BCUT2D eigenvalue weighted by molar-refractivity contribution is 5.83. The first-order valence-corrected chi connectivity index (χ1v) is 7.90. The Morgan fingerprint density at radius 3 is 2.83 bits per heavy atom. The van der Waals surface area contributed by atoms with Crippen LogP contribution in [0.25, 0.3) is 11.2 Å². The second-order valence-corrected chi connectivity index (χ2v) is 5.90. The zero-order chi connectivity index (χ0) is 15.8. The van der Waals surface area contributed by atoms with Gasteiger partial charge in [-0.3, -0.25) is 4.79 Å². The minimum atomic E-state index is -0.243. The van der Waals surface area contributed by atoms with Crippen molar-refractivity contribution in [3.63, 3.8) is 0 Å². The number of carbonyl (C=O) groups is 1. The van der Waals surface area contributed by atoms with Gasteiger partial charge in [-0.1, -0.05) is 5.21 Å². The Kier molecular flexibility index (Phi) is 3.56. The van der Waals surface area contributed by atoms with Crippen molar-refractivity contribution in [3.05, 3.63) is 6.33 Å².